The highest BCUT2D eigenvalue weighted by molar-refractivity contribution is 5.23. The van der Waals surface area contributed by atoms with E-state index in [9.17, 15) is 8.78 Å². The maximum absolute atomic E-state index is 13.3. The molecule has 0 bridgehead atoms. The SMILES string of the molecule is CCNC(Cc1ccc(F)c(F)c1)C1=CCCCCC1. The van der Waals surface area contributed by atoms with Crippen molar-refractivity contribution < 1.29 is 8.78 Å². The van der Waals surface area contributed by atoms with Gasteiger partial charge in [-0.15, -0.1) is 0 Å². The molecule has 1 aromatic carbocycles. The fourth-order valence-electron chi connectivity index (χ4n) is 2.84. The molecular formula is C17H23F2N. The van der Waals surface area contributed by atoms with Gasteiger partial charge < -0.3 is 5.32 Å². The van der Waals surface area contributed by atoms with Gasteiger partial charge in [0.2, 0.25) is 0 Å². The zero-order chi connectivity index (χ0) is 14.4. The zero-order valence-corrected chi connectivity index (χ0v) is 12.1. The monoisotopic (exact) mass is 279 g/mol. The summed E-state index contributed by atoms with van der Waals surface area (Å²) in [6.45, 7) is 2.96. The van der Waals surface area contributed by atoms with Crippen LogP contribution in [0.3, 0.4) is 0 Å². The van der Waals surface area contributed by atoms with Crippen LogP contribution in [0.2, 0.25) is 0 Å². The van der Waals surface area contributed by atoms with Crippen LogP contribution >= 0.6 is 0 Å². The molecule has 1 aliphatic carbocycles. The zero-order valence-electron chi connectivity index (χ0n) is 12.1. The molecule has 0 fully saturated rings. The van der Waals surface area contributed by atoms with Gasteiger partial charge in [0, 0.05) is 6.04 Å². The molecule has 1 aromatic rings. The van der Waals surface area contributed by atoms with Crippen LogP contribution in [0.4, 0.5) is 8.78 Å². The van der Waals surface area contributed by atoms with Crippen molar-refractivity contribution in [3.63, 3.8) is 0 Å². The van der Waals surface area contributed by atoms with E-state index in [1.807, 2.05) is 0 Å². The number of hydrogen-bond acceptors (Lipinski definition) is 1. The molecule has 1 unspecified atom stereocenters. The van der Waals surface area contributed by atoms with Crippen molar-refractivity contribution in [3.8, 4) is 0 Å². The molecule has 3 heteroatoms. The fourth-order valence-corrected chi connectivity index (χ4v) is 2.84. The Labute approximate surface area is 120 Å². The summed E-state index contributed by atoms with van der Waals surface area (Å²) in [6, 6.07) is 4.45. The lowest BCUT2D eigenvalue weighted by Gasteiger charge is -2.21. The number of hydrogen-bond donors (Lipinski definition) is 1. The minimum absolute atomic E-state index is 0.239. The molecule has 1 aliphatic rings. The van der Waals surface area contributed by atoms with E-state index in [2.05, 4.69) is 18.3 Å². The van der Waals surface area contributed by atoms with E-state index in [0.717, 1.165) is 31.4 Å². The largest absolute Gasteiger partial charge is 0.310 e. The van der Waals surface area contributed by atoms with Gasteiger partial charge in [-0.1, -0.05) is 31.1 Å². The van der Waals surface area contributed by atoms with Crippen molar-refractivity contribution in [1.29, 1.82) is 0 Å². The molecule has 20 heavy (non-hydrogen) atoms. The summed E-state index contributed by atoms with van der Waals surface area (Å²) in [4.78, 5) is 0. The molecule has 1 atom stereocenters. The summed E-state index contributed by atoms with van der Waals surface area (Å²) >= 11 is 0. The van der Waals surface area contributed by atoms with E-state index >= 15 is 0 Å². The minimum Gasteiger partial charge on any atom is -0.310 e. The molecule has 0 saturated heterocycles. The van der Waals surface area contributed by atoms with Gasteiger partial charge in [0.1, 0.15) is 0 Å². The van der Waals surface area contributed by atoms with Crippen LogP contribution < -0.4 is 5.32 Å². The minimum atomic E-state index is -0.776. The van der Waals surface area contributed by atoms with Crippen molar-refractivity contribution >= 4 is 0 Å². The van der Waals surface area contributed by atoms with Crippen molar-refractivity contribution in [2.24, 2.45) is 0 Å². The molecule has 0 aliphatic heterocycles. The molecule has 1 N–H and O–H groups in total. The molecule has 0 saturated carbocycles. The van der Waals surface area contributed by atoms with Gasteiger partial charge in [-0.3, -0.25) is 0 Å². The van der Waals surface area contributed by atoms with E-state index in [1.54, 1.807) is 6.07 Å². The maximum Gasteiger partial charge on any atom is 0.159 e. The summed E-state index contributed by atoms with van der Waals surface area (Å²) in [6.07, 6.45) is 9.07. The molecule has 2 rings (SSSR count). The number of likely N-dealkylation sites (N-methyl/N-ethyl adjacent to an activating group) is 1. The van der Waals surface area contributed by atoms with Gasteiger partial charge in [-0.05, 0) is 56.3 Å². The summed E-state index contributed by atoms with van der Waals surface area (Å²) in [5, 5.41) is 3.48. The van der Waals surface area contributed by atoms with Gasteiger partial charge in [0.25, 0.3) is 0 Å². The van der Waals surface area contributed by atoms with Gasteiger partial charge in [0.05, 0.1) is 0 Å². The fraction of sp³-hybridized carbons (Fsp3) is 0.529. The lowest BCUT2D eigenvalue weighted by atomic mass is 9.95. The van der Waals surface area contributed by atoms with Crippen molar-refractivity contribution in [2.75, 3.05) is 6.54 Å². The first kappa shape index (κ1) is 15.2. The first-order chi connectivity index (χ1) is 9.70. The van der Waals surface area contributed by atoms with Crippen LogP contribution in [0, 0.1) is 11.6 Å². The Balaban J connectivity index is 2.11. The van der Waals surface area contributed by atoms with E-state index in [0.29, 0.717) is 0 Å². The van der Waals surface area contributed by atoms with E-state index in [-0.39, 0.29) is 6.04 Å². The molecule has 1 nitrogen and oxygen atoms in total. The van der Waals surface area contributed by atoms with Gasteiger partial charge >= 0.3 is 0 Å². The highest BCUT2D eigenvalue weighted by Gasteiger charge is 2.16. The number of allylic oxidation sites excluding steroid dienone is 1. The second-order valence-electron chi connectivity index (χ2n) is 5.44. The summed E-state index contributed by atoms with van der Waals surface area (Å²) < 4.78 is 26.3. The molecule has 0 amide bonds. The van der Waals surface area contributed by atoms with Crippen LogP contribution in [0.5, 0.6) is 0 Å². The first-order valence-electron chi connectivity index (χ1n) is 7.57. The molecular weight excluding hydrogens is 256 g/mol. The number of halogens is 2. The average Bonchev–Trinajstić information content (AvgIpc) is 2.71. The Hall–Kier alpha value is -1.22. The van der Waals surface area contributed by atoms with Crippen molar-refractivity contribution in [3.05, 3.63) is 47.0 Å². The first-order valence-corrected chi connectivity index (χ1v) is 7.57. The summed E-state index contributed by atoms with van der Waals surface area (Å²) in [7, 11) is 0. The van der Waals surface area contributed by atoms with Gasteiger partial charge in [-0.2, -0.15) is 0 Å². The molecule has 0 spiro atoms. The summed E-state index contributed by atoms with van der Waals surface area (Å²) in [5.41, 5.74) is 2.27. The van der Waals surface area contributed by atoms with Crippen molar-refractivity contribution in [1.82, 2.24) is 5.32 Å². The predicted octanol–water partition coefficient (Wildman–Crippen LogP) is 4.38. The average molecular weight is 279 g/mol. The van der Waals surface area contributed by atoms with E-state index < -0.39 is 11.6 Å². The number of benzene rings is 1. The number of nitrogens with one attached hydrogen (secondary N) is 1. The number of rotatable bonds is 5. The molecule has 0 radical (unpaired) electrons. The third-order valence-corrected chi connectivity index (χ3v) is 3.90. The van der Waals surface area contributed by atoms with Gasteiger partial charge in [0.15, 0.2) is 11.6 Å². The Morgan fingerprint density at radius 2 is 2.00 bits per heavy atom. The lowest BCUT2D eigenvalue weighted by Crippen LogP contribution is -2.33. The third kappa shape index (κ3) is 4.14. The highest BCUT2D eigenvalue weighted by Crippen LogP contribution is 2.22. The standard InChI is InChI=1S/C17H23F2N/c1-2-20-17(14-7-5-3-4-6-8-14)12-13-9-10-15(18)16(19)11-13/h7,9-11,17,20H,2-6,8,12H2,1H3. The molecule has 0 heterocycles. The normalized spacial score (nSPS) is 17.4. The Morgan fingerprint density at radius 1 is 1.15 bits per heavy atom. The maximum atomic E-state index is 13.3. The van der Waals surface area contributed by atoms with E-state index in [4.69, 9.17) is 0 Å². The Kier molecular flexibility index (Phi) is 5.72. The van der Waals surface area contributed by atoms with Crippen LogP contribution in [0.1, 0.15) is 44.6 Å². The highest BCUT2D eigenvalue weighted by atomic mass is 19.2. The molecule has 110 valence electrons. The molecule has 0 aromatic heterocycles. The van der Waals surface area contributed by atoms with Crippen LogP contribution in [-0.4, -0.2) is 12.6 Å². The predicted molar refractivity (Wildman–Crippen MR) is 78.7 cm³/mol. The van der Waals surface area contributed by atoms with Gasteiger partial charge in [-0.25, -0.2) is 8.78 Å². The third-order valence-electron chi connectivity index (χ3n) is 3.90. The smallest absolute Gasteiger partial charge is 0.159 e. The van der Waals surface area contributed by atoms with Crippen molar-refractivity contribution in [2.45, 2.75) is 51.5 Å². The Morgan fingerprint density at radius 3 is 2.75 bits per heavy atom. The second kappa shape index (κ2) is 7.53. The van der Waals surface area contributed by atoms with Crippen LogP contribution in [-0.2, 0) is 6.42 Å². The van der Waals surface area contributed by atoms with Crippen LogP contribution in [0.25, 0.3) is 0 Å². The topological polar surface area (TPSA) is 12.0 Å². The second-order valence-corrected chi connectivity index (χ2v) is 5.44. The van der Waals surface area contributed by atoms with E-state index in [1.165, 1.54) is 37.0 Å². The quantitative estimate of drug-likeness (QED) is 0.789. The lowest BCUT2D eigenvalue weighted by molar-refractivity contribution is 0.504. The Bertz CT molecular complexity index is 468. The summed E-state index contributed by atoms with van der Waals surface area (Å²) in [5.74, 6) is -1.53. The van der Waals surface area contributed by atoms with Crippen LogP contribution in [0.15, 0.2) is 29.8 Å².